The lowest BCUT2D eigenvalue weighted by Crippen LogP contribution is -2.33. The molecule has 0 bridgehead atoms. The van der Waals surface area contributed by atoms with Crippen molar-refractivity contribution in [2.75, 3.05) is 11.4 Å². The maximum Gasteiger partial charge on any atom is 0.319 e. The summed E-state index contributed by atoms with van der Waals surface area (Å²) in [6.45, 7) is 6.77. The minimum absolute atomic E-state index is 0.359. The summed E-state index contributed by atoms with van der Waals surface area (Å²) in [5, 5.41) is 0. The zero-order chi connectivity index (χ0) is 11.4. The fraction of sp³-hybridized carbons (Fsp3) is 0.417. The molecule has 3 nitrogen and oxygen atoms in total. The summed E-state index contributed by atoms with van der Waals surface area (Å²) < 4.78 is 0. The van der Waals surface area contributed by atoms with Crippen LogP contribution >= 0.6 is 0 Å². The molecule has 2 rings (SSSR count). The highest BCUT2D eigenvalue weighted by Crippen LogP contribution is 2.28. The van der Waals surface area contributed by atoms with Crippen molar-refractivity contribution in [2.24, 2.45) is 5.73 Å². The average molecular weight is 206 g/mol. The van der Waals surface area contributed by atoms with Gasteiger partial charge in [-0.3, -0.25) is 4.90 Å². The number of anilines is 1. The van der Waals surface area contributed by atoms with Crippen molar-refractivity contribution in [1.82, 2.24) is 0 Å². The van der Waals surface area contributed by atoms with Crippen LogP contribution in [0.4, 0.5) is 10.5 Å². The van der Waals surface area contributed by atoms with E-state index in [1.54, 1.807) is 4.90 Å². The van der Waals surface area contributed by atoms with E-state index in [4.69, 9.17) is 5.73 Å². The van der Waals surface area contributed by atoms with Crippen LogP contribution in [0.3, 0.4) is 0 Å². The van der Waals surface area contributed by atoms with Crippen molar-refractivity contribution in [3.05, 3.63) is 29.3 Å². The van der Waals surface area contributed by atoms with Gasteiger partial charge in [0, 0.05) is 12.2 Å². The van der Waals surface area contributed by atoms with Gasteiger partial charge in [0.1, 0.15) is 0 Å². The Morgan fingerprint density at radius 3 is 2.67 bits per heavy atom. The Morgan fingerprint density at radius 1 is 1.40 bits per heavy atom. The molecule has 0 radical (unpaired) electrons. The smallest absolute Gasteiger partial charge is 0.319 e. The molecule has 0 spiro atoms. The lowest BCUT2D eigenvalue weighted by Gasteiger charge is -2.13. The van der Waals surface area contributed by atoms with Crippen LogP contribution in [-0.2, 0) is 6.42 Å². The molecule has 1 heterocycles. The highest BCUT2D eigenvalue weighted by molar-refractivity contribution is 5.93. The molecule has 1 aliphatic heterocycles. The standard InChI is InChI=1S/C10H12N2O.C2H6/c1-7-2-3-9-8(6-7)4-5-12(9)10(11)13;1-2/h2-3,6H,4-5H2,1H3,(H2,11,13);1-2H3. The lowest BCUT2D eigenvalue weighted by molar-refractivity contribution is 0.254. The van der Waals surface area contributed by atoms with Crippen molar-refractivity contribution in [3.63, 3.8) is 0 Å². The van der Waals surface area contributed by atoms with E-state index in [1.807, 2.05) is 32.9 Å². The van der Waals surface area contributed by atoms with Crippen LogP contribution in [0, 0.1) is 6.92 Å². The first-order chi connectivity index (χ1) is 7.18. The summed E-state index contributed by atoms with van der Waals surface area (Å²) in [5.41, 5.74) is 8.66. The molecule has 15 heavy (non-hydrogen) atoms. The molecule has 0 saturated carbocycles. The minimum atomic E-state index is -0.359. The molecule has 0 aliphatic carbocycles. The number of urea groups is 1. The number of fused-ring (bicyclic) bond motifs is 1. The van der Waals surface area contributed by atoms with Crippen LogP contribution in [0.15, 0.2) is 18.2 Å². The Hall–Kier alpha value is -1.51. The monoisotopic (exact) mass is 206 g/mol. The number of rotatable bonds is 0. The Kier molecular flexibility index (Phi) is 3.72. The van der Waals surface area contributed by atoms with Gasteiger partial charge in [-0.15, -0.1) is 0 Å². The third-order valence-corrected chi connectivity index (χ3v) is 2.40. The first-order valence-electron chi connectivity index (χ1n) is 5.35. The Balaban J connectivity index is 0.000000531. The van der Waals surface area contributed by atoms with Crippen LogP contribution < -0.4 is 10.6 Å². The van der Waals surface area contributed by atoms with Crippen molar-refractivity contribution in [3.8, 4) is 0 Å². The van der Waals surface area contributed by atoms with E-state index in [-0.39, 0.29) is 6.03 Å². The van der Waals surface area contributed by atoms with Gasteiger partial charge in [-0.1, -0.05) is 31.5 Å². The van der Waals surface area contributed by atoms with Crippen molar-refractivity contribution in [1.29, 1.82) is 0 Å². The summed E-state index contributed by atoms with van der Waals surface area (Å²) in [6.07, 6.45) is 0.917. The van der Waals surface area contributed by atoms with Gasteiger partial charge < -0.3 is 5.73 Å². The molecular formula is C12H18N2O. The highest BCUT2D eigenvalue weighted by Gasteiger charge is 2.22. The van der Waals surface area contributed by atoms with E-state index in [2.05, 4.69) is 6.07 Å². The van der Waals surface area contributed by atoms with Gasteiger partial charge in [0.05, 0.1) is 0 Å². The first kappa shape index (κ1) is 11.6. The fourth-order valence-corrected chi connectivity index (χ4v) is 1.76. The molecule has 2 N–H and O–H groups in total. The molecule has 0 aromatic heterocycles. The Bertz CT molecular complexity index is 361. The number of carbonyl (C=O) groups excluding carboxylic acids is 1. The second kappa shape index (κ2) is 4.82. The molecule has 0 fully saturated rings. The minimum Gasteiger partial charge on any atom is -0.351 e. The zero-order valence-corrected chi connectivity index (χ0v) is 9.58. The van der Waals surface area contributed by atoms with Gasteiger partial charge in [0.25, 0.3) is 0 Å². The topological polar surface area (TPSA) is 46.3 Å². The number of nitrogens with two attached hydrogens (primary N) is 1. The number of nitrogens with zero attached hydrogens (tertiary/aromatic N) is 1. The summed E-state index contributed by atoms with van der Waals surface area (Å²) >= 11 is 0. The summed E-state index contributed by atoms with van der Waals surface area (Å²) in [6, 6.07) is 5.71. The zero-order valence-electron chi connectivity index (χ0n) is 9.58. The first-order valence-corrected chi connectivity index (χ1v) is 5.35. The normalized spacial score (nSPS) is 12.9. The van der Waals surface area contributed by atoms with E-state index in [0.717, 1.165) is 12.1 Å². The molecule has 1 aliphatic rings. The lowest BCUT2D eigenvalue weighted by atomic mass is 10.1. The van der Waals surface area contributed by atoms with Gasteiger partial charge in [0.15, 0.2) is 0 Å². The highest BCUT2D eigenvalue weighted by atomic mass is 16.2. The number of hydrogen-bond acceptors (Lipinski definition) is 1. The van der Waals surface area contributed by atoms with Gasteiger partial charge in [0.2, 0.25) is 0 Å². The van der Waals surface area contributed by atoms with E-state index in [1.165, 1.54) is 11.1 Å². The number of primary amides is 1. The Labute approximate surface area is 90.9 Å². The molecule has 82 valence electrons. The number of carbonyl (C=O) groups is 1. The molecule has 0 saturated heterocycles. The van der Waals surface area contributed by atoms with Gasteiger partial charge in [-0.05, 0) is 25.0 Å². The van der Waals surface area contributed by atoms with E-state index in [0.29, 0.717) is 6.54 Å². The molecule has 0 unspecified atom stereocenters. The van der Waals surface area contributed by atoms with E-state index in [9.17, 15) is 4.79 Å². The van der Waals surface area contributed by atoms with Gasteiger partial charge >= 0.3 is 6.03 Å². The second-order valence-electron chi connectivity index (χ2n) is 3.37. The number of hydrogen-bond donors (Lipinski definition) is 1. The third-order valence-electron chi connectivity index (χ3n) is 2.40. The van der Waals surface area contributed by atoms with Gasteiger partial charge in [-0.2, -0.15) is 0 Å². The summed E-state index contributed by atoms with van der Waals surface area (Å²) in [5.74, 6) is 0. The van der Waals surface area contributed by atoms with Crippen LogP contribution in [0.5, 0.6) is 0 Å². The molecule has 1 aromatic rings. The quantitative estimate of drug-likeness (QED) is 0.696. The SMILES string of the molecule is CC.Cc1ccc2c(c1)CCN2C(N)=O. The number of aryl methyl sites for hydroxylation is 1. The fourth-order valence-electron chi connectivity index (χ4n) is 1.76. The predicted molar refractivity (Wildman–Crippen MR) is 63.2 cm³/mol. The third kappa shape index (κ3) is 2.29. The second-order valence-corrected chi connectivity index (χ2v) is 3.37. The van der Waals surface area contributed by atoms with Crippen molar-refractivity contribution >= 4 is 11.7 Å². The molecule has 0 atom stereocenters. The predicted octanol–water partition coefficient (Wildman–Crippen LogP) is 2.46. The molecular weight excluding hydrogens is 188 g/mol. The maximum absolute atomic E-state index is 11.0. The summed E-state index contributed by atoms with van der Waals surface area (Å²) in [7, 11) is 0. The van der Waals surface area contributed by atoms with Gasteiger partial charge in [-0.25, -0.2) is 4.79 Å². The van der Waals surface area contributed by atoms with Crippen molar-refractivity contribution in [2.45, 2.75) is 27.2 Å². The molecule has 2 amide bonds. The van der Waals surface area contributed by atoms with E-state index < -0.39 is 0 Å². The Morgan fingerprint density at radius 2 is 2.07 bits per heavy atom. The average Bonchev–Trinajstić information content (AvgIpc) is 2.63. The number of benzene rings is 1. The summed E-state index contributed by atoms with van der Waals surface area (Å²) in [4.78, 5) is 12.6. The van der Waals surface area contributed by atoms with Crippen LogP contribution in [-0.4, -0.2) is 12.6 Å². The molecule has 1 aromatic carbocycles. The maximum atomic E-state index is 11.0. The van der Waals surface area contributed by atoms with Crippen LogP contribution in [0.1, 0.15) is 25.0 Å². The van der Waals surface area contributed by atoms with Crippen LogP contribution in [0.2, 0.25) is 0 Å². The molecule has 3 heteroatoms. The number of amides is 2. The largest absolute Gasteiger partial charge is 0.351 e. The van der Waals surface area contributed by atoms with Crippen LogP contribution in [0.25, 0.3) is 0 Å². The van der Waals surface area contributed by atoms with Crippen molar-refractivity contribution < 1.29 is 4.79 Å². The van der Waals surface area contributed by atoms with E-state index >= 15 is 0 Å².